The van der Waals surface area contributed by atoms with Crippen LogP contribution in [0.3, 0.4) is 0 Å². The van der Waals surface area contributed by atoms with Gasteiger partial charge in [-0.3, -0.25) is 4.90 Å². The SMILES string of the molecule is c1cnc(N2CCN(CCNCc3ccoc3)CC2)nc1. The Hall–Kier alpha value is -1.92. The van der Waals surface area contributed by atoms with E-state index < -0.39 is 0 Å². The van der Waals surface area contributed by atoms with Crippen LogP contribution >= 0.6 is 0 Å². The maximum absolute atomic E-state index is 5.05. The van der Waals surface area contributed by atoms with Crippen molar-refractivity contribution in [2.75, 3.05) is 44.2 Å². The summed E-state index contributed by atoms with van der Waals surface area (Å²) in [4.78, 5) is 13.3. The van der Waals surface area contributed by atoms with E-state index in [0.717, 1.165) is 51.8 Å². The van der Waals surface area contributed by atoms with Crippen LogP contribution in [0.1, 0.15) is 5.56 Å². The highest BCUT2D eigenvalue weighted by molar-refractivity contribution is 5.29. The first-order valence-corrected chi connectivity index (χ1v) is 7.38. The Morgan fingerprint density at radius 1 is 1.14 bits per heavy atom. The normalized spacial score (nSPS) is 16.3. The molecule has 1 N–H and O–H groups in total. The summed E-state index contributed by atoms with van der Waals surface area (Å²) in [5, 5.41) is 3.44. The largest absolute Gasteiger partial charge is 0.472 e. The van der Waals surface area contributed by atoms with Crippen LogP contribution in [0.15, 0.2) is 41.5 Å². The number of hydrogen-bond acceptors (Lipinski definition) is 6. The zero-order valence-electron chi connectivity index (χ0n) is 12.1. The molecule has 112 valence electrons. The van der Waals surface area contributed by atoms with E-state index in [1.54, 1.807) is 24.9 Å². The molecule has 1 saturated heterocycles. The Kier molecular flexibility index (Phi) is 4.81. The van der Waals surface area contributed by atoms with Crippen LogP contribution in [0.4, 0.5) is 5.95 Å². The second-order valence-corrected chi connectivity index (χ2v) is 5.19. The van der Waals surface area contributed by atoms with Gasteiger partial charge in [0, 0.05) is 63.8 Å². The van der Waals surface area contributed by atoms with Crippen molar-refractivity contribution < 1.29 is 4.42 Å². The first kappa shape index (κ1) is 14.0. The summed E-state index contributed by atoms with van der Waals surface area (Å²) in [6.07, 6.45) is 7.09. The minimum Gasteiger partial charge on any atom is -0.472 e. The van der Waals surface area contributed by atoms with E-state index in [0.29, 0.717) is 0 Å². The van der Waals surface area contributed by atoms with Crippen molar-refractivity contribution in [2.24, 2.45) is 0 Å². The van der Waals surface area contributed by atoms with E-state index in [-0.39, 0.29) is 0 Å². The Morgan fingerprint density at radius 3 is 2.67 bits per heavy atom. The maximum Gasteiger partial charge on any atom is 0.225 e. The molecule has 0 unspecified atom stereocenters. The summed E-state index contributed by atoms with van der Waals surface area (Å²) in [6, 6.07) is 3.84. The number of piperazine rings is 1. The molecule has 2 aromatic rings. The highest BCUT2D eigenvalue weighted by Gasteiger charge is 2.17. The average molecular weight is 287 g/mol. The van der Waals surface area contributed by atoms with E-state index in [9.17, 15) is 0 Å². The third-order valence-corrected chi connectivity index (χ3v) is 3.72. The predicted octanol–water partition coefficient (Wildman–Crippen LogP) is 0.981. The molecule has 1 fully saturated rings. The van der Waals surface area contributed by atoms with Gasteiger partial charge >= 0.3 is 0 Å². The molecular weight excluding hydrogens is 266 g/mol. The molecule has 2 aromatic heterocycles. The molecule has 1 aliphatic rings. The van der Waals surface area contributed by atoms with Gasteiger partial charge in [0.1, 0.15) is 0 Å². The van der Waals surface area contributed by atoms with Crippen molar-refractivity contribution in [2.45, 2.75) is 6.54 Å². The van der Waals surface area contributed by atoms with Crippen LogP contribution in [0.25, 0.3) is 0 Å². The summed E-state index contributed by atoms with van der Waals surface area (Å²) in [5.41, 5.74) is 1.20. The standard InChI is InChI=1S/C15H21N5O/c1-3-17-15(18-4-1)20-9-7-19(8-10-20)6-5-16-12-14-2-11-21-13-14/h1-4,11,13,16H,5-10,12H2. The lowest BCUT2D eigenvalue weighted by atomic mass is 10.3. The van der Waals surface area contributed by atoms with E-state index in [1.807, 2.05) is 12.1 Å². The van der Waals surface area contributed by atoms with Crippen LogP contribution in [0.2, 0.25) is 0 Å². The van der Waals surface area contributed by atoms with E-state index in [4.69, 9.17) is 4.42 Å². The molecule has 0 radical (unpaired) electrons. The quantitative estimate of drug-likeness (QED) is 0.799. The maximum atomic E-state index is 5.05. The molecule has 6 nitrogen and oxygen atoms in total. The summed E-state index contributed by atoms with van der Waals surface area (Å²) in [7, 11) is 0. The zero-order chi connectivity index (χ0) is 14.3. The van der Waals surface area contributed by atoms with E-state index in [2.05, 4.69) is 25.1 Å². The first-order valence-electron chi connectivity index (χ1n) is 7.38. The average Bonchev–Trinajstić information content (AvgIpc) is 3.06. The number of rotatable bonds is 6. The van der Waals surface area contributed by atoms with Crippen molar-refractivity contribution >= 4 is 5.95 Å². The molecule has 3 rings (SSSR count). The van der Waals surface area contributed by atoms with Gasteiger partial charge in [-0.1, -0.05) is 0 Å². The fraction of sp³-hybridized carbons (Fsp3) is 0.467. The van der Waals surface area contributed by atoms with Gasteiger partial charge in [-0.2, -0.15) is 0 Å². The Labute approximate surface area is 124 Å². The topological polar surface area (TPSA) is 57.4 Å². The molecule has 0 saturated carbocycles. The summed E-state index contributed by atoms with van der Waals surface area (Å²) >= 11 is 0. The Morgan fingerprint density at radius 2 is 1.95 bits per heavy atom. The molecule has 21 heavy (non-hydrogen) atoms. The number of anilines is 1. The molecule has 0 amide bonds. The number of hydrogen-bond donors (Lipinski definition) is 1. The summed E-state index contributed by atoms with van der Waals surface area (Å²) in [6.45, 7) is 7.04. The highest BCUT2D eigenvalue weighted by atomic mass is 16.3. The minimum atomic E-state index is 0.843. The number of nitrogens with zero attached hydrogens (tertiary/aromatic N) is 4. The number of aromatic nitrogens is 2. The predicted molar refractivity (Wildman–Crippen MR) is 81.1 cm³/mol. The van der Waals surface area contributed by atoms with Crippen molar-refractivity contribution in [3.8, 4) is 0 Å². The van der Waals surface area contributed by atoms with Crippen LogP contribution in [0.5, 0.6) is 0 Å². The molecule has 3 heterocycles. The monoisotopic (exact) mass is 287 g/mol. The zero-order valence-corrected chi connectivity index (χ0v) is 12.1. The molecule has 0 atom stereocenters. The lowest BCUT2D eigenvalue weighted by Crippen LogP contribution is -2.48. The lowest BCUT2D eigenvalue weighted by molar-refractivity contribution is 0.256. The van der Waals surface area contributed by atoms with Crippen LogP contribution < -0.4 is 10.2 Å². The minimum absolute atomic E-state index is 0.843. The van der Waals surface area contributed by atoms with Crippen LogP contribution in [-0.4, -0.2) is 54.1 Å². The van der Waals surface area contributed by atoms with Crippen LogP contribution in [0, 0.1) is 0 Å². The molecule has 6 heteroatoms. The highest BCUT2D eigenvalue weighted by Crippen LogP contribution is 2.09. The van der Waals surface area contributed by atoms with Gasteiger partial charge in [-0.25, -0.2) is 9.97 Å². The first-order chi connectivity index (χ1) is 10.4. The van der Waals surface area contributed by atoms with E-state index in [1.165, 1.54) is 5.56 Å². The smallest absolute Gasteiger partial charge is 0.225 e. The Bertz CT molecular complexity index is 508. The van der Waals surface area contributed by atoms with Gasteiger partial charge in [0.25, 0.3) is 0 Å². The molecular formula is C15H21N5O. The number of nitrogens with one attached hydrogen (secondary N) is 1. The van der Waals surface area contributed by atoms with Crippen LogP contribution in [-0.2, 0) is 6.54 Å². The van der Waals surface area contributed by atoms with Gasteiger partial charge < -0.3 is 14.6 Å². The number of furan rings is 1. The second-order valence-electron chi connectivity index (χ2n) is 5.19. The fourth-order valence-corrected chi connectivity index (χ4v) is 2.49. The molecule has 0 aromatic carbocycles. The fourth-order valence-electron chi connectivity index (χ4n) is 2.49. The third-order valence-electron chi connectivity index (χ3n) is 3.72. The van der Waals surface area contributed by atoms with Gasteiger partial charge in [-0.05, 0) is 12.1 Å². The third kappa shape index (κ3) is 4.03. The van der Waals surface area contributed by atoms with Gasteiger partial charge in [-0.15, -0.1) is 0 Å². The van der Waals surface area contributed by atoms with Gasteiger partial charge in [0.2, 0.25) is 5.95 Å². The van der Waals surface area contributed by atoms with Crippen molar-refractivity contribution in [3.63, 3.8) is 0 Å². The lowest BCUT2D eigenvalue weighted by Gasteiger charge is -2.34. The van der Waals surface area contributed by atoms with Gasteiger partial charge in [0.15, 0.2) is 0 Å². The van der Waals surface area contributed by atoms with Crippen molar-refractivity contribution in [1.29, 1.82) is 0 Å². The van der Waals surface area contributed by atoms with Crippen molar-refractivity contribution in [1.82, 2.24) is 20.2 Å². The summed E-state index contributed by atoms with van der Waals surface area (Å²) < 4.78 is 5.05. The molecule has 0 aliphatic carbocycles. The molecule has 0 spiro atoms. The second kappa shape index (κ2) is 7.19. The van der Waals surface area contributed by atoms with E-state index >= 15 is 0 Å². The molecule has 1 aliphatic heterocycles. The molecule has 0 bridgehead atoms. The van der Waals surface area contributed by atoms with Gasteiger partial charge in [0.05, 0.1) is 12.5 Å². The Balaban J connectivity index is 1.34. The summed E-state index contributed by atoms with van der Waals surface area (Å²) in [5.74, 6) is 0.843. The van der Waals surface area contributed by atoms with Crippen molar-refractivity contribution in [3.05, 3.63) is 42.6 Å².